The van der Waals surface area contributed by atoms with E-state index < -0.39 is 0 Å². The number of hydrogen-bond acceptors (Lipinski definition) is 4. The molecule has 2 N–H and O–H groups in total. The molecule has 0 saturated carbocycles. The van der Waals surface area contributed by atoms with E-state index in [4.69, 9.17) is 20.7 Å². The van der Waals surface area contributed by atoms with Crippen LogP contribution in [0.25, 0.3) is 55.4 Å². The average Bonchev–Trinajstić information content (AvgIpc) is 3.47. The van der Waals surface area contributed by atoms with E-state index in [1.807, 2.05) is 42.8 Å². The third kappa shape index (κ3) is 3.46. The van der Waals surface area contributed by atoms with E-state index >= 15 is 0 Å². The Labute approximate surface area is 219 Å². The van der Waals surface area contributed by atoms with Gasteiger partial charge in [0.2, 0.25) is 0 Å². The predicted molar refractivity (Wildman–Crippen MR) is 155 cm³/mol. The molecule has 2 aromatic carbocycles. The quantitative estimate of drug-likeness (QED) is 0.274. The SMILES string of the molecule is N/C=C\C=C/Cc1ccc(-n2c3cccnc3c3nc4c(cc32)c2ccccc2n4-c2ccccc2)cn1. The van der Waals surface area contributed by atoms with Gasteiger partial charge in [0.25, 0.3) is 0 Å². The Hall–Kier alpha value is -5.23. The maximum Gasteiger partial charge on any atom is 0.146 e. The predicted octanol–water partition coefficient (Wildman–Crippen LogP) is 6.64. The van der Waals surface area contributed by atoms with Crippen molar-refractivity contribution in [2.75, 3.05) is 0 Å². The van der Waals surface area contributed by atoms with Crippen LogP contribution < -0.4 is 5.73 Å². The van der Waals surface area contributed by atoms with Crippen LogP contribution in [-0.2, 0) is 6.42 Å². The molecule has 7 rings (SSSR count). The first kappa shape index (κ1) is 22.0. The second kappa shape index (κ2) is 9.01. The summed E-state index contributed by atoms with van der Waals surface area (Å²) in [6.07, 6.45) is 11.8. The van der Waals surface area contributed by atoms with E-state index in [0.29, 0.717) is 0 Å². The van der Waals surface area contributed by atoms with Gasteiger partial charge in [0, 0.05) is 34.8 Å². The van der Waals surface area contributed by atoms with Crippen LogP contribution in [0.1, 0.15) is 5.69 Å². The topological polar surface area (TPSA) is 74.6 Å². The molecule has 5 heterocycles. The molecular weight excluding hydrogens is 468 g/mol. The largest absolute Gasteiger partial charge is 0.405 e. The molecule has 5 aromatic heterocycles. The number of pyridine rings is 3. The van der Waals surface area contributed by atoms with Crippen molar-refractivity contribution in [3.63, 3.8) is 0 Å². The minimum absolute atomic E-state index is 0.737. The number of hydrogen-bond donors (Lipinski definition) is 1. The molecule has 0 fully saturated rings. The molecule has 38 heavy (non-hydrogen) atoms. The van der Waals surface area contributed by atoms with E-state index in [2.05, 4.69) is 81.9 Å². The molecule has 0 aliphatic rings. The van der Waals surface area contributed by atoms with E-state index in [1.54, 1.807) is 0 Å². The van der Waals surface area contributed by atoms with Crippen molar-refractivity contribution in [2.24, 2.45) is 5.73 Å². The molecule has 0 unspecified atom stereocenters. The Bertz CT molecular complexity index is 1990. The zero-order valence-corrected chi connectivity index (χ0v) is 20.6. The van der Waals surface area contributed by atoms with Gasteiger partial charge in [-0.2, -0.15) is 0 Å². The monoisotopic (exact) mass is 492 g/mol. The summed E-state index contributed by atoms with van der Waals surface area (Å²) < 4.78 is 4.45. The van der Waals surface area contributed by atoms with Crippen LogP contribution in [0.3, 0.4) is 0 Å². The smallest absolute Gasteiger partial charge is 0.146 e. The normalized spacial score (nSPS) is 12.2. The highest BCUT2D eigenvalue weighted by atomic mass is 15.1. The van der Waals surface area contributed by atoms with E-state index in [1.165, 1.54) is 6.20 Å². The summed E-state index contributed by atoms with van der Waals surface area (Å²) in [6, 6.07) is 29.3. The van der Waals surface area contributed by atoms with Crippen LogP contribution in [0.5, 0.6) is 0 Å². The fraction of sp³-hybridized carbons (Fsp3) is 0.0312. The fourth-order valence-electron chi connectivity index (χ4n) is 5.22. The summed E-state index contributed by atoms with van der Waals surface area (Å²) in [5.41, 5.74) is 14.2. The maximum atomic E-state index is 5.41. The molecule has 0 aliphatic heterocycles. The van der Waals surface area contributed by atoms with Gasteiger partial charge in [-0.25, -0.2) is 4.98 Å². The second-order valence-electron chi connectivity index (χ2n) is 9.15. The van der Waals surface area contributed by atoms with E-state index in [9.17, 15) is 0 Å². The molecule has 0 saturated heterocycles. The van der Waals surface area contributed by atoms with Crippen LogP contribution in [0.15, 0.2) is 122 Å². The molecule has 0 radical (unpaired) electrons. The first-order valence-electron chi connectivity index (χ1n) is 12.6. The van der Waals surface area contributed by atoms with Gasteiger partial charge in [0.15, 0.2) is 0 Å². The number of allylic oxidation sites excluding steroid dienone is 3. The summed E-state index contributed by atoms with van der Waals surface area (Å²) in [4.78, 5) is 14.8. The summed E-state index contributed by atoms with van der Waals surface area (Å²) in [7, 11) is 0. The molecule has 0 spiro atoms. The molecule has 182 valence electrons. The first-order chi connectivity index (χ1) is 18.8. The van der Waals surface area contributed by atoms with Crippen molar-refractivity contribution in [1.82, 2.24) is 24.1 Å². The molecule has 0 bridgehead atoms. The van der Waals surface area contributed by atoms with Crippen molar-refractivity contribution in [3.8, 4) is 11.4 Å². The molecule has 6 nitrogen and oxygen atoms in total. The van der Waals surface area contributed by atoms with Gasteiger partial charge in [0.1, 0.15) is 16.7 Å². The second-order valence-corrected chi connectivity index (χ2v) is 9.15. The van der Waals surface area contributed by atoms with Gasteiger partial charge < -0.3 is 10.3 Å². The van der Waals surface area contributed by atoms with Gasteiger partial charge in [0.05, 0.1) is 28.4 Å². The van der Waals surface area contributed by atoms with Gasteiger partial charge in [-0.1, -0.05) is 48.6 Å². The number of fused-ring (bicyclic) bond motifs is 6. The van der Waals surface area contributed by atoms with Crippen molar-refractivity contribution in [1.29, 1.82) is 0 Å². The molecule has 0 atom stereocenters. The average molecular weight is 493 g/mol. The van der Waals surface area contributed by atoms with Gasteiger partial charge in [-0.15, -0.1) is 0 Å². The lowest BCUT2D eigenvalue weighted by atomic mass is 10.2. The van der Waals surface area contributed by atoms with Crippen molar-refractivity contribution in [2.45, 2.75) is 6.42 Å². The number of rotatable bonds is 5. The lowest BCUT2D eigenvalue weighted by Crippen LogP contribution is -1.97. The highest BCUT2D eigenvalue weighted by Gasteiger charge is 2.20. The van der Waals surface area contributed by atoms with Crippen LogP contribution >= 0.6 is 0 Å². The highest BCUT2D eigenvalue weighted by Crippen LogP contribution is 2.36. The Morgan fingerprint density at radius 1 is 0.684 bits per heavy atom. The lowest BCUT2D eigenvalue weighted by molar-refractivity contribution is 1.07. The minimum atomic E-state index is 0.737. The summed E-state index contributed by atoms with van der Waals surface area (Å²) in [6.45, 7) is 0. The van der Waals surface area contributed by atoms with Crippen molar-refractivity contribution < 1.29 is 0 Å². The summed E-state index contributed by atoms with van der Waals surface area (Å²) >= 11 is 0. The zero-order valence-electron chi connectivity index (χ0n) is 20.6. The molecular formula is C32H24N6. The van der Waals surface area contributed by atoms with Crippen LogP contribution in [0.4, 0.5) is 0 Å². The van der Waals surface area contributed by atoms with Crippen LogP contribution in [0.2, 0.25) is 0 Å². The Morgan fingerprint density at radius 2 is 1.53 bits per heavy atom. The molecule has 6 heteroatoms. The van der Waals surface area contributed by atoms with E-state index in [0.717, 1.165) is 67.5 Å². The third-order valence-corrected chi connectivity index (χ3v) is 6.89. The minimum Gasteiger partial charge on any atom is -0.405 e. The number of nitrogens with two attached hydrogens (primary N) is 1. The molecule has 0 aliphatic carbocycles. The Morgan fingerprint density at radius 3 is 2.37 bits per heavy atom. The standard InChI is InChI=1S/C32H24N6/c33-18-8-2-3-10-22-16-17-24(21-35-22)37-28-15-9-19-34-30(28)31-29(37)20-26-25-13-6-7-14-27(25)38(32(26)36-31)23-11-4-1-5-12-23/h1-9,11-21H,10,33H2/b3-2-,18-8-. The number of nitrogens with zero attached hydrogens (tertiary/aromatic N) is 5. The first-order valence-corrected chi connectivity index (χ1v) is 12.6. The molecule has 7 aromatic rings. The summed E-state index contributed by atoms with van der Waals surface area (Å²) in [5.74, 6) is 0. The van der Waals surface area contributed by atoms with E-state index in [-0.39, 0.29) is 0 Å². The lowest BCUT2D eigenvalue weighted by Gasteiger charge is -2.08. The van der Waals surface area contributed by atoms with Gasteiger partial charge in [-0.3, -0.25) is 14.5 Å². The highest BCUT2D eigenvalue weighted by molar-refractivity contribution is 6.14. The number of para-hydroxylation sites is 2. The Balaban J connectivity index is 1.49. The van der Waals surface area contributed by atoms with Crippen molar-refractivity contribution >= 4 is 44.0 Å². The number of aromatic nitrogens is 5. The van der Waals surface area contributed by atoms with Gasteiger partial charge in [-0.05, 0) is 60.8 Å². The fourth-order valence-corrected chi connectivity index (χ4v) is 5.22. The summed E-state index contributed by atoms with van der Waals surface area (Å²) in [5, 5.41) is 2.26. The Kier molecular flexibility index (Phi) is 5.22. The zero-order chi connectivity index (χ0) is 25.5. The van der Waals surface area contributed by atoms with Crippen molar-refractivity contribution in [3.05, 3.63) is 127 Å². The maximum absolute atomic E-state index is 5.41. The van der Waals surface area contributed by atoms with Crippen LogP contribution in [-0.4, -0.2) is 24.1 Å². The van der Waals surface area contributed by atoms with Gasteiger partial charge >= 0.3 is 0 Å². The van der Waals surface area contributed by atoms with Crippen LogP contribution in [0, 0.1) is 0 Å². The third-order valence-electron chi connectivity index (χ3n) is 6.89. The molecule has 0 amide bonds. The number of benzene rings is 2.